The number of hydrogen-bond acceptors (Lipinski definition) is 7. The van der Waals surface area contributed by atoms with Crippen molar-refractivity contribution in [2.24, 2.45) is 0 Å². The lowest BCUT2D eigenvalue weighted by atomic mass is 11.8. The first-order chi connectivity index (χ1) is 5.18. The fourth-order valence-corrected chi connectivity index (χ4v) is 5.56. The summed E-state index contributed by atoms with van der Waals surface area (Å²) in [5, 5.41) is 30.2. The number of hydrogen-bond donors (Lipinski definition) is 0. The quantitative estimate of drug-likeness (QED) is 0.552. The van der Waals surface area contributed by atoms with Crippen LogP contribution in [0, 0.1) is 32.0 Å². The number of rotatable bonds is 3. The third-order valence-corrected chi connectivity index (χ3v) is 10.2. The van der Waals surface area contributed by atoms with E-state index < -0.39 is 3.64 Å². The van der Waals surface area contributed by atoms with E-state index in [2.05, 4.69) is 0 Å². The monoisotopic (exact) mass is 237 g/mol. The normalized spacial score (nSPS) is 9.18. The Morgan fingerprint density at radius 2 is 1.18 bits per heavy atom. The lowest BCUT2D eigenvalue weighted by Crippen LogP contribution is -1.54. The molecule has 0 aromatic carbocycles. The van der Waals surface area contributed by atoms with Crippen molar-refractivity contribution in [3.05, 3.63) is 0 Å². The Hall–Kier alpha value is 0.170. The van der Waals surface area contributed by atoms with Gasteiger partial charge in [-0.2, -0.15) is 15.8 Å². The van der Waals surface area contributed by atoms with E-state index in [-0.39, 0.29) is 0 Å². The SMILES string of the molecule is N#CSP(=S)(SC#N)SC#N. The topological polar surface area (TPSA) is 71.4 Å². The van der Waals surface area contributed by atoms with Crippen LogP contribution >= 0.6 is 37.8 Å². The molecule has 0 heterocycles. The van der Waals surface area contributed by atoms with E-state index in [1.807, 2.05) is 0 Å². The maximum absolute atomic E-state index is 8.28. The molecule has 0 aliphatic heterocycles. The Balaban J connectivity index is 4.34. The molecule has 0 saturated heterocycles. The van der Waals surface area contributed by atoms with E-state index in [4.69, 9.17) is 27.6 Å². The van der Waals surface area contributed by atoms with E-state index in [1.54, 1.807) is 16.2 Å². The van der Waals surface area contributed by atoms with Gasteiger partial charge in [0.05, 0.1) is 0 Å². The van der Waals surface area contributed by atoms with Gasteiger partial charge in [-0.15, -0.1) is 0 Å². The zero-order chi connectivity index (χ0) is 8.74. The molecule has 0 rings (SSSR count). The molecular formula is C3N3PS4. The van der Waals surface area contributed by atoms with Crippen LogP contribution in [0.4, 0.5) is 0 Å². The van der Waals surface area contributed by atoms with Crippen molar-refractivity contribution in [1.82, 2.24) is 0 Å². The van der Waals surface area contributed by atoms with E-state index in [9.17, 15) is 0 Å². The molecule has 0 aromatic rings. The number of nitriles is 3. The molecule has 0 N–H and O–H groups in total. The first-order valence-corrected chi connectivity index (χ1v) is 9.08. The van der Waals surface area contributed by atoms with Gasteiger partial charge < -0.3 is 0 Å². The van der Waals surface area contributed by atoms with Crippen LogP contribution in [0.15, 0.2) is 0 Å². The Labute approximate surface area is 81.4 Å². The highest BCUT2D eigenvalue weighted by molar-refractivity contribution is 9.24. The minimum absolute atomic E-state index is 0.840. The molecule has 0 unspecified atom stereocenters. The largest absolute Gasteiger partial charge is 0.185 e. The molecule has 0 aromatic heterocycles. The van der Waals surface area contributed by atoms with Crippen molar-refractivity contribution in [1.29, 1.82) is 15.8 Å². The lowest BCUT2D eigenvalue weighted by Gasteiger charge is -2.04. The van der Waals surface area contributed by atoms with Crippen LogP contribution in [0.2, 0.25) is 0 Å². The highest BCUT2D eigenvalue weighted by atomic mass is 33.5. The minimum Gasteiger partial charge on any atom is -0.185 e. The van der Waals surface area contributed by atoms with Crippen molar-refractivity contribution < 1.29 is 0 Å². The van der Waals surface area contributed by atoms with Crippen LogP contribution in [0.25, 0.3) is 0 Å². The standard InChI is InChI=1S/C3N3PS4/c4-1-9-7(8,10-2-5)11-3-6. The van der Waals surface area contributed by atoms with Gasteiger partial charge in [-0.1, -0.05) is 11.8 Å². The van der Waals surface area contributed by atoms with Crippen LogP contribution in [0.5, 0.6) is 0 Å². The van der Waals surface area contributed by atoms with Gasteiger partial charge in [0.2, 0.25) is 0 Å². The van der Waals surface area contributed by atoms with E-state index in [0.717, 1.165) is 34.1 Å². The average molecular weight is 237 g/mol. The fraction of sp³-hybridized carbons (Fsp3) is 0. The fourth-order valence-electron chi connectivity index (χ4n) is 0.206. The molecule has 8 heteroatoms. The van der Waals surface area contributed by atoms with Crippen LogP contribution in [0.3, 0.4) is 0 Å². The molecule has 0 radical (unpaired) electrons. The second-order valence-corrected chi connectivity index (χ2v) is 15.4. The number of thiocyanates is 3. The molecule has 11 heavy (non-hydrogen) atoms. The van der Waals surface area contributed by atoms with Crippen LogP contribution in [0.1, 0.15) is 0 Å². The van der Waals surface area contributed by atoms with E-state index >= 15 is 0 Å². The summed E-state index contributed by atoms with van der Waals surface area (Å²) in [5.74, 6) is 0. The Morgan fingerprint density at radius 3 is 1.36 bits per heavy atom. The van der Waals surface area contributed by atoms with Gasteiger partial charge >= 0.3 is 0 Å². The number of nitrogens with zero attached hydrogens (tertiary/aromatic N) is 3. The Morgan fingerprint density at radius 1 is 0.909 bits per heavy atom. The highest BCUT2D eigenvalue weighted by Crippen LogP contribution is 2.77. The van der Waals surface area contributed by atoms with Gasteiger partial charge in [0.25, 0.3) is 0 Å². The molecule has 0 spiro atoms. The predicted octanol–water partition coefficient (Wildman–Crippen LogP) is 2.85. The van der Waals surface area contributed by atoms with Crippen molar-refractivity contribution in [3.63, 3.8) is 0 Å². The second-order valence-electron chi connectivity index (χ2n) is 0.995. The molecular weight excluding hydrogens is 237 g/mol. The molecule has 0 aliphatic carbocycles. The summed E-state index contributed by atoms with van der Waals surface area (Å²) in [6.07, 6.45) is 0. The summed E-state index contributed by atoms with van der Waals surface area (Å²) in [5.41, 5.74) is 0. The van der Waals surface area contributed by atoms with E-state index in [1.165, 1.54) is 0 Å². The second kappa shape index (κ2) is 5.77. The maximum atomic E-state index is 8.28. The van der Waals surface area contributed by atoms with Gasteiger partial charge in [0.1, 0.15) is 16.2 Å². The predicted molar refractivity (Wildman–Crippen MR) is 53.9 cm³/mol. The molecule has 0 saturated carbocycles. The molecule has 0 fully saturated rings. The van der Waals surface area contributed by atoms with Crippen molar-refractivity contribution >= 4 is 49.6 Å². The maximum Gasteiger partial charge on any atom is 0.151 e. The minimum atomic E-state index is -2.22. The molecule has 56 valence electrons. The molecule has 3 nitrogen and oxygen atoms in total. The Kier molecular flexibility index (Phi) is 5.86. The van der Waals surface area contributed by atoms with E-state index in [0.29, 0.717) is 0 Å². The molecule has 0 aliphatic rings. The summed E-state index contributed by atoms with van der Waals surface area (Å²) in [4.78, 5) is 0. The lowest BCUT2D eigenvalue weighted by molar-refractivity contribution is 1.57. The van der Waals surface area contributed by atoms with Crippen molar-refractivity contribution in [2.45, 2.75) is 0 Å². The highest BCUT2D eigenvalue weighted by Gasteiger charge is 2.19. The van der Waals surface area contributed by atoms with Gasteiger partial charge in [-0.3, -0.25) is 0 Å². The first kappa shape index (κ1) is 11.2. The van der Waals surface area contributed by atoms with Crippen molar-refractivity contribution in [2.75, 3.05) is 0 Å². The molecule has 0 amide bonds. The summed E-state index contributed by atoms with van der Waals surface area (Å²) >= 11 is 7.45. The zero-order valence-electron chi connectivity index (χ0n) is 4.92. The average Bonchev–Trinajstić information content (AvgIpc) is 1.88. The van der Waals surface area contributed by atoms with Crippen LogP contribution in [-0.2, 0) is 11.8 Å². The third kappa shape index (κ3) is 4.58. The van der Waals surface area contributed by atoms with Gasteiger partial charge in [-0.05, 0) is 0 Å². The van der Waals surface area contributed by atoms with Crippen LogP contribution in [-0.4, -0.2) is 0 Å². The molecule has 0 bridgehead atoms. The first-order valence-electron chi connectivity index (χ1n) is 2.01. The van der Waals surface area contributed by atoms with Gasteiger partial charge in [0, 0.05) is 34.1 Å². The van der Waals surface area contributed by atoms with Gasteiger partial charge in [-0.25, -0.2) is 0 Å². The zero-order valence-corrected chi connectivity index (χ0v) is 9.08. The smallest absolute Gasteiger partial charge is 0.151 e. The summed E-state index contributed by atoms with van der Waals surface area (Å²) < 4.78 is -2.22. The van der Waals surface area contributed by atoms with Gasteiger partial charge in [0.15, 0.2) is 3.64 Å². The summed E-state index contributed by atoms with van der Waals surface area (Å²) in [6, 6.07) is 0. The third-order valence-electron chi connectivity index (χ3n) is 0.458. The summed E-state index contributed by atoms with van der Waals surface area (Å²) in [6.45, 7) is 0. The summed E-state index contributed by atoms with van der Waals surface area (Å²) in [7, 11) is 0. The van der Waals surface area contributed by atoms with Crippen molar-refractivity contribution in [3.8, 4) is 16.2 Å². The molecule has 0 atom stereocenters. The van der Waals surface area contributed by atoms with Crippen LogP contribution < -0.4 is 0 Å². The Bertz CT molecular complexity index is 246.